The van der Waals surface area contributed by atoms with Crippen LogP contribution in [-0.4, -0.2) is 27.0 Å². The number of halogens is 2. The summed E-state index contributed by atoms with van der Waals surface area (Å²) in [6.07, 6.45) is 6.62. The van der Waals surface area contributed by atoms with Crippen molar-refractivity contribution < 1.29 is 4.79 Å². The van der Waals surface area contributed by atoms with Gasteiger partial charge in [-0.2, -0.15) is 5.10 Å². The van der Waals surface area contributed by atoms with E-state index in [2.05, 4.69) is 15.4 Å². The SMILES string of the molecule is Cc1cc2ncc(CCCNC(=O)CCc3ccc(Cl)c(Cl)c3)cn2n1. The van der Waals surface area contributed by atoms with Gasteiger partial charge in [0, 0.05) is 31.4 Å². The van der Waals surface area contributed by atoms with Gasteiger partial charge in [0.15, 0.2) is 5.65 Å². The standard InChI is InChI=1S/C19H20Cl2N4O/c1-13-9-18-23-11-15(12-25(18)24-13)3-2-8-22-19(26)7-5-14-4-6-16(20)17(21)10-14/h4,6,9-12H,2-3,5,7-8H2,1H3,(H,22,26). The number of benzene rings is 1. The smallest absolute Gasteiger partial charge is 0.220 e. The Morgan fingerprint density at radius 2 is 2.00 bits per heavy atom. The molecule has 0 radical (unpaired) electrons. The third kappa shape index (κ3) is 4.96. The number of hydrogen-bond acceptors (Lipinski definition) is 3. The molecule has 0 saturated heterocycles. The molecule has 0 atom stereocenters. The van der Waals surface area contributed by atoms with Gasteiger partial charge in [0.05, 0.1) is 15.7 Å². The van der Waals surface area contributed by atoms with Crippen LogP contribution in [0.3, 0.4) is 0 Å². The molecular weight excluding hydrogens is 371 g/mol. The Morgan fingerprint density at radius 1 is 1.15 bits per heavy atom. The highest BCUT2D eigenvalue weighted by atomic mass is 35.5. The number of amides is 1. The minimum atomic E-state index is 0.0346. The lowest BCUT2D eigenvalue weighted by molar-refractivity contribution is -0.121. The molecule has 0 fully saturated rings. The molecule has 0 spiro atoms. The number of rotatable bonds is 7. The highest BCUT2D eigenvalue weighted by Gasteiger charge is 2.05. The molecule has 1 amide bonds. The normalized spacial score (nSPS) is 11.0. The lowest BCUT2D eigenvalue weighted by Gasteiger charge is -2.06. The van der Waals surface area contributed by atoms with Crippen molar-refractivity contribution in [1.82, 2.24) is 19.9 Å². The van der Waals surface area contributed by atoms with Crippen LogP contribution in [0, 0.1) is 6.92 Å². The molecule has 136 valence electrons. The average Bonchev–Trinajstić information content (AvgIpc) is 2.99. The van der Waals surface area contributed by atoms with Crippen LogP contribution in [0.25, 0.3) is 5.65 Å². The quantitative estimate of drug-likeness (QED) is 0.619. The Balaban J connectivity index is 1.39. The van der Waals surface area contributed by atoms with Crippen LogP contribution in [-0.2, 0) is 17.6 Å². The van der Waals surface area contributed by atoms with Crippen LogP contribution in [0.2, 0.25) is 10.0 Å². The maximum absolute atomic E-state index is 12.0. The van der Waals surface area contributed by atoms with Crippen molar-refractivity contribution >= 4 is 34.8 Å². The van der Waals surface area contributed by atoms with Crippen LogP contribution in [0.4, 0.5) is 0 Å². The highest BCUT2D eigenvalue weighted by molar-refractivity contribution is 6.42. The molecule has 0 aliphatic carbocycles. The van der Waals surface area contributed by atoms with E-state index in [0.29, 0.717) is 29.4 Å². The Morgan fingerprint density at radius 3 is 2.81 bits per heavy atom. The van der Waals surface area contributed by atoms with Crippen molar-refractivity contribution in [3.63, 3.8) is 0 Å². The first-order valence-electron chi connectivity index (χ1n) is 8.53. The second kappa shape index (κ2) is 8.52. The summed E-state index contributed by atoms with van der Waals surface area (Å²) in [5.74, 6) is 0.0346. The maximum atomic E-state index is 12.0. The van der Waals surface area contributed by atoms with E-state index in [-0.39, 0.29) is 5.91 Å². The third-order valence-electron chi connectivity index (χ3n) is 4.08. The van der Waals surface area contributed by atoms with Crippen LogP contribution in [0.5, 0.6) is 0 Å². The second-order valence-corrected chi connectivity index (χ2v) is 7.07. The van der Waals surface area contributed by atoms with E-state index in [0.717, 1.165) is 35.3 Å². The van der Waals surface area contributed by atoms with Crippen LogP contribution < -0.4 is 5.32 Å². The Hall–Kier alpha value is -2.11. The van der Waals surface area contributed by atoms with Crippen molar-refractivity contribution in [2.24, 2.45) is 0 Å². The number of fused-ring (bicyclic) bond motifs is 1. The summed E-state index contributed by atoms with van der Waals surface area (Å²) >= 11 is 11.9. The molecule has 3 aromatic rings. The minimum Gasteiger partial charge on any atom is -0.356 e. The molecule has 0 saturated carbocycles. The number of aromatic nitrogens is 3. The van der Waals surface area contributed by atoms with E-state index in [4.69, 9.17) is 23.2 Å². The van der Waals surface area contributed by atoms with Crippen LogP contribution in [0.1, 0.15) is 29.7 Å². The van der Waals surface area contributed by atoms with Crippen molar-refractivity contribution in [3.05, 3.63) is 63.5 Å². The molecule has 7 heteroatoms. The third-order valence-corrected chi connectivity index (χ3v) is 4.82. The maximum Gasteiger partial charge on any atom is 0.220 e. The summed E-state index contributed by atoms with van der Waals surface area (Å²) in [7, 11) is 0. The summed E-state index contributed by atoms with van der Waals surface area (Å²) in [5, 5.41) is 8.35. The van der Waals surface area contributed by atoms with Gasteiger partial charge in [-0.25, -0.2) is 9.50 Å². The zero-order valence-corrected chi connectivity index (χ0v) is 16.0. The Kier molecular flexibility index (Phi) is 6.12. The lowest BCUT2D eigenvalue weighted by atomic mass is 10.1. The first-order valence-corrected chi connectivity index (χ1v) is 9.28. The predicted molar refractivity (Wildman–Crippen MR) is 104 cm³/mol. The molecule has 3 rings (SSSR count). The monoisotopic (exact) mass is 390 g/mol. The molecule has 0 bridgehead atoms. The molecule has 1 N–H and O–H groups in total. The van der Waals surface area contributed by atoms with Gasteiger partial charge in [-0.3, -0.25) is 4.79 Å². The molecule has 26 heavy (non-hydrogen) atoms. The summed E-state index contributed by atoms with van der Waals surface area (Å²) in [6.45, 7) is 2.58. The zero-order chi connectivity index (χ0) is 18.5. The van der Waals surface area contributed by atoms with Gasteiger partial charge < -0.3 is 5.32 Å². The number of carbonyl (C=O) groups excluding carboxylic acids is 1. The summed E-state index contributed by atoms with van der Waals surface area (Å²) in [5.41, 5.74) is 3.90. The Bertz CT molecular complexity index is 923. The van der Waals surface area contributed by atoms with Crippen molar-refractivity contribution in [2.75, 3.05) is 6.54 Å². The number of carbonyl (C=O) groups is 1. The van der Waals surface area contributed by atoms with Gasteiger partial charge in [-0.1, -0.05) is 29.3 Å². The molecule has 5 nitrogen and oxygen atoms in total. The topological polar surface area (TPSA) is 59.3 Å². The van der Waals surface area contributed by atoms with Crippen LogP contribution in [0.15, 0.2) is 36.7 Å². The van der Waals surface area contributed by atoms with Gasteiger partial charge in [0.2, 0.25) is 5.91 Å². The van der Waals surface area contributed by atoms with Gasteiger partial charge in [0.25, 0.3) is 0 Å². The zero-order valence-electron chi connectivity index (χ0n) is 14.5. The first-order chi connectivity index (χ1) is 12.5. The molecule has 0 aliphatic rings. The number of nitrogens with one attached hydrogen (secondary N) is 1. The number of hydrogen-bond donors (Lipinski definition) is 1. The van der Waals surface area contributed by atoms with Crippen molar-refractivity contribution in [1.29, 1.82) is 0 Å². The predicted octanol–water partition coefficient (Wildman–Crippen LogP) is 4.03. The highest BCUT2D eigenvalue weighted by Crippen LogP contribution is 2.23. The largest absolute Gasteiger partial charge is 0.356 e. The van der Waals surface area contributed by atoms with E-state index >= 15 is 0 Å². The lowest BCUT2D eigenvalue weighted by Crippen LogP contribution is -2.25. The van der Waals surface area contributed by atoms with E-state index in [1.165, 1.54) is 0 Å². The van der Waals surface area contributed by atoms with Gasteiger partial charge in [0.1, 0.15) is 0 Å². The number of aryl methyl sites for hydroxylation is 3. The fraction of sp³-hybridized carbons (Fsp3) is 0.316. The molecule has 0 aliphatic heterocycles. The van der Waals surface area contributed by atoms with E-state index in [1.54, 1.807) is 16.6 Å². The van der Waals surface area contributed by atoms with Crippen molar-refractivity contribution in [3.8, 4) is 0 Å². The first kappa shape index (κ1) is 18.7. The number of nitrogens with zero attached hydrogens (tertiary/aromatic N) is 3. The summed E-state index contributed by atoms with van der Waals surface area (Å²) in [4.78, 5) is 16.3. The second-order valence-electron chi connectivity index (χ2n) is 6.25. The van der Waals surface area contributed by atoms with E-state index in [1.807, 2.05) is 31.5 Å². The summed E-state index contributed by atoms with van der Waals surface area (Å²) in [6, 6.07) is 7.39. The van der Waals surface area contributed by atoms with Crippen LogP contribution >= 0.6 is 23.2 Å². The Labute approximate surface area is 162 Å². The fourth-order valence-electron chi connectivity index (χ4n) is 2.72. The molecule has 2 heterocycles. The van der Waals surface area contributed by atoms with E-state index in [9.17, 15) is 4.79 Å². The van der Waals surface area contributed by atoms with Gasteiger partial charge in [-0.15, -0.1) is 0 Å². The van der Waals surface area contributed by atoms with Crippen molar-refractivity contribution in [2.45, 2.75) is 32.6 Å². The minimum absolute atomic E-state index is 0.0346. The fourth-order valence-corrected chi connectivity index (χ4v) is 3.05. The molecular formula is C19H20Cl2N4O. The molecule has 1 aromatic carbocycles. The molecule has 0 unspecified atom stereocenters. The van der Waals surface area contributed by atoms with Gasteiger partial charge >= 0.3 is 0 Å². The van der Waals surface area contributed by atoms with Gasteiger partial charge in [-0.05, 0) is 49.4 Å². The molecule has 2 aromatic heterocycles. The average molecular weight is 391 g/mol. The van der Waals surface area contributed by atoms with E-state index < -0.39 is 0 Å². The summed E-state index contributed by atoms with van der Waals surface area (Å²) < 4.78 is 1.79.